The Bertz CT molecular complexity index is 494. The zero-order valence-corrected chi connectivity index (χ0v) is 7.38. The Kier molecular flexibility index (Phi) is 2.02. The van der Waals surface area contributed by atoms with Gasteiger partial charge in [0.05, 0.1) is 11.9 Å². The molecule has 1 aromatic heterocycles. The molecule has 0 bridgehead atoms. The molecule has 70 valence electrons. The van der Waals surface area contributed by atoms with Gasteiger partial charge in [-0.05, 0) is 12.1 Å². The standard InChI is InChI=1S/C10H9N3O/c11-12-6-8-5-4-7-2-1-3-9(14)10(7)13-8/h1-6,14H,11H2/b12-6-. The second-order valence-corrected chi connectivity index (χ2v) is 2.86. The van der Waals surface area contributed by atoms with Crippen LogP contribution in [0.5, 0.6) is 5.75 Å². The van der Waals surface area contributed by atoms with E-state index < -0.39 is 0 Å². The summed E-state index contributed by atoms with van der Waals surface area (Å²) in [5.74, 6) is 5.17. The van der Waals surface area contributed by atoms with Crippen LogP contribution in [-0.4, -0.2) is 16.3 Å². The molecular weight excluding hydrogens is 178 g/mol. The molecule has 0 aliphatic carbocycles. The Morgan fingerprint density at radius 2 is 2.14 bits per heavy atom. The molecule has 0 spiro atoms. The highest BCUT2D eigenvalue weighted by atomic mass is 16.3. The number of nitrogens with two attached hydrogens (primary N) is 1. The van der Waals surface area contributed by atoms with Crippen LogP contribution in [-0.2, 0) is 0 Å². The summed E-state index contributed by atoms with van der Waals surface area (Å²) in [5.41, 5.74) is 1.19. The number of nitrogens with zero attached hydrogens (tertiary/aromatic N) is 2. The third-order valence-electron chi connectivity index (χ3n) is 1.93. The van der Waals surface area contributed by atoms with Gasteiger partial charge >= 0.3 is 0 Å². The van der Waals surface area contributed by atoms with Crippen molar-refractivity contribution in [1.82, 2.24) is 4.98 Å². The molecule has 1 aromatic carbocycles. The molecule has 4 nitrogen and oxygen atoms in total. The smallest absolute Gasteiger partial charge is 0.141 e. The molecule has 4 heteroatoms. The minimum absolute atomic E-state index is 0.162. The lowest BCUT2D eigenvalue weighted by Crippen LogP contribution is -1.91. The highest BCUT2D eigenvalue weighted by Gasteiger charge is 2.00. The van der Waals surface area contributed by atoms with Crippen molar-refractivity contribution in [3.8, 4) is 5.75 Å². The van der Waals surface area contributed by atoms with Crippen molar-refractivity contribution in [2.75, 3.05) is 0 Å². The molecule has 0 fully saturated rings. The SMILES string of the molecule is N/N=C\c1ccc2cccc(O)c2n1. The van der Waals surface area contributed by atoms with E-state index in [4.69, 9.17) is 5.84 Å². The Labute approximate surface area is 80.7 Å². The number of rotatable bonds is 1. The monoisotopic (exact) mass is 187 g/mol. The van der Waals surface area contributed by atoms with Gasteiger partial charge in [0.1, 0.15) is 11.3 Å². The molecular formula is C10H9N3O. The first-order valence-corrected chi connectivity index (χ1v) is 4.13. The topological polar surface area (TPSA) is 71.5 Å². The van der Waals surface area contributed by atoms with Crippen molar-refractivity contribution in [3.63, 3.8) is 0 Å². The maximum Gasteiger partial charge on any atom is 0.141 e. The molecule has 14 heavy (non-hydrogen) atoms. The molecule has 0 radical (unpaired) electrons. The molecule has 0 unspecified atom stereocenters. The van der Waals surface area contributed by atoms with E-state index >= 15 is 0 Å². The van der Waals surface area contributed by atoms with Crippen molar-refractivity contribution in [3.05, 3.63) is 36.0 Å². The van der Waals surface area contributed by atoms with Crippen LogP contribution in [0.4, 0.5) is 0 Å². The summed E-state index contributed by atoms with van der Waals surface area (Å²) in [6, 6.07) is 8.90. The van der Waals surface area contributed by atoms with Gasteiger partial charge in [0, 0.05) is 5.39 Å². The minimum Gasteiger partial charge on any atom is -0.506 e. The second kappa shape index (κ2) is 3.33. The van der Waals surface area contributed by atoms with E-state index in [2.05, 4.69) is 10.1 Å². The highest BCUT2D eigenvalue weighted by Crippen LogP contribution is 2.21. The van der Waals surface area contributed by atoms with Gasteiger partial charge in [-0.15, -0.1) is 0 Å². The molecule has 0 amide bonds. The summed E-state index contributed by atoms with van der Waals surface area (Å²) in [6.07, 6.45) is 1.44. The van der Waals surface area contributed by atoms with Crippen LogP contribution in [0.15, 0.2) is 35.4 Å². The molecule has 2 rings (SSSR count). The van der Waals surface area contributed by atoms with Crippen molar-refractivity contribution in [2.45, 2.75) is 0 Å². The van der Waals surface area contributed by atoms with Gasteiger partial charge in [0.2, 0.25) is 0 Å². The van der Waals surface area contributed by atoms with E-state index in [0.717, 1.165) is 5.39 Å². The van der Waals surface area contributed by atoms with Crippen molar-refractivity contribution in [1.29, 1.82) is 0 Å². The number of benzene rings is 1. The molecule has 2 aromatic rings. The molecule has 0 atom stereocenters. The summed E-state index contributed by atoms with van der Waals surface area (Å²) in [7, 11) is 0. The number of para-hydroxylation sites is 1. The van der Waals surface area contributed by atoms with Crippen LogP contribution >= 0.6 is 0 Å². The first kappa shape index (κ1) is 8.50. The number of hydrogen-bond donors (Lipinski definition) is 2. The van der Waals surface area contributed by atoms with Crippen LogP contribution in [0.1, 0.15) is 5.69 Å². The van der Waals surface area contributed by atoms with E-state index in [9.17, 15) is 5.11 Å². The van der Waals surface area contributed by atoms with Crippen LogP contribution in [0.3, 0.4) is 0 Å². The quantitative estimate of drug-likeness (QED) is 0.400. The fraction of sp³-hybridized carbons (Fsp3) is 0. The summed E-state index contributed by atoms with van der Waals surface area (Å²) in [5, 5.41) is 13.8. The van der Waals surface area contributed by atoms with Gasteiger partial charge in [-0.1, -0.05) is 18.2 Å². The number of pyridine rings is 1. The van der Waals surface area contributed by atoms with Crippen molar-refractivity contribution < 1.29 is 5.11 Å². The zero-order valence-electron chi connectivity index (χ0n) is 7.38. The minimum atomic E-state index is 0.162. The third kappa shape index (κ3) is 1.37. The average Bonchev–Trinajstić information content (AvgIpc) is 2.20. The first-order valence-electron chi connectivity index (χ1n) is 4.13. The van der Waals surface area contributed by atoms with Gasteiger partial charge in [0.25, 0.3) is 0 Å². The van der Waals surface area contributed by atoms with Crippen molar-refractivity contribution >= 4 is 17.1 Å². The molecule has 3 N–H and O–H groups in total. The number of aromatic nitrogens is 1. The van der Waals surface area contributed by atoms with E-state index in [1.54, 1.807) is 18.2 Å². The molecule has 1 heterocycles. The number of fused-ring (bicyclic) bond motifs is 1. The lowest BCUT2D eigenvalue weighted by atomic mass is 10.2. The fourth-order valence-electron chi connectivity index (χ4n) is 1.29. The Balaban J connectivity index is 2.69. The predicted molar refractivity (Wildman–Crippen MR) is 55.2 cm³/mol. The van der Waals surface area contributed by atoms with Crippen LogP contribution in [0.2, 0.25) is 0 Å². The largest absolute Gasteiger partial charge is 0.506 e. The van der Waals surface area contributed by atoms with E-state index in [-0.39, 0.29) is 5.75 Å². The number of hydrogen-bond acceptors (Lipinski definition) is 4. The average molecular weight is 187 g/mol. The summed E-state index contributed by atoms with van der Waals surface area (Å²) < 4.78 is 0. The molecule has 0 aliphatic heterocycles. The third-order valence-corrected chi connectivity index (χ3v) is 1.93. The van der Waals surface area contributed by atoms with Crippen molar-refractivity contribution in [2.24, 2.45) is 10.9 Å². The normalized spacial score (nSPS) is 11.1. The van der Waals surface area contributed by atoms with Crippen LogP contribution in [0.25, 0.3) is 10.9 Å². The number of hydrazone groups is 1. The lowest BCUT2D eigenvalue weighted by Gasteiger charge is -2.00. The molecule has 0 saturated carbocycles. The predicted octanol–water partition coefficient (Wildman–Crippen LogP) is 1.23. The Hall–Kier alpha value is -2.10. The van der Waals surface area contributed by atoms with E-state index in [1.165, 1.54) is 6.21 Å². The van der Waals surface area contributed by atoms with E-state index in [1.807, 2.05) is 12.1 Å². The maximum atomic E-state index is 9.53. The lowest BCUT2D eigenvalue weighted by molar-refractivity contribution is 0.480. The van der Waals surface area contributed by atoms with Gasteiger partial charge in [0.15, 0.2) is 0 Å². The number of aromatic hydroxyl groups is 1. The summed E-state index contributed by atoms with van der Waals surface area (Å²) in [6.45, 7) is 0. The van der Waals surface area contributed by atoms with Gasteiger partial charge in [-0.2, -0.15) is 5.10 Å². The van der Waals surface area contributed by atoms with Crippen LogP contribution < -0.4 is 5.84 Å². The Morgan fingerprint density at radius 3 is 2.93 bits per heavy atom. The number of phenolic OH excluding ortho intramolecular Hbond substituents is 1. The van der Waals surface area contributed by atoms with E-state index in [0.29, 0.717) is 11.2 Å². The first-order chi connectivity index (χ1) is 6.81. The van der Waals surface area contributed by atoms with Gasteiger partial charge in [-0.3, -0.25) is 0 Å². The second-order valence-electron chi connectivity index (χ2n) is 2.86. The number of phenols is 1. The Morgan fingerprint density at radius 1 is 1.29 bits per heavy atom. The highest BCUT2D eigenvalue weighted by molar-refractivity contribution is 5.88. The zero-order chi connectivity index (χ0) is 9.97. The van der Waals surface area contributed by atoms with Crippen LogP contribution in [0, 0.1) is 0 Å². The van der Waals surface area contributed by atoms with Gasteiger partial charge < -0.3 is 10.9 Å². The molecule has 0 saturated heterocycles. The van der Waals surface area contributed by atoms with Gasteiger partial charge in [-0.25, -0.2) is 4.98 Å². The maximum absolute atomic E-state index is 9.53. The fourth-order valence-corrected chi connectivity index (χ4v) is 1.29. The summed E-state index contributed by atoms with van der Waals surface area (Å²) >= 11 is 0. The summed E-state index contributed by atoms with van der Waals surface area (Å²) in [4.78, 5) is 4.19. The molecule has 0 aliphatic rings.